The number of imide groups is 1. The summed E-state index contributed by atoms with van der Waals surface area (Å²) < 4.78 is 11.2. The van der Waals surface area contributed by atoms with Crippen molar-refractivity contribution >= 4 is 58.4 Å². The van der Waals surface area contributed by atoms with Crippen LogP contribution in [0.1, 0.15) is 5.56 Å². The van der Waals surface area contributed by atoms with Crippen molar-refractivity contribution in [2.45, 2.75) is 18.3 Å². The Hall–Kier alpha value is -2.58. The summed E-state index contributed by atoms with van der Waals surface area (Å²) in [6, 6.07) is 11.8. The van der Waals surface area contributed by atoms with Crippen LogP contribution < -0.4 is 10.2 Å². The second-order valence-electron chi connectivity index (χ2n) is 8.03. The normalized spacial score (nSPS) is 27.2. The molecule has 33 heavy (non-hydrogen) atoms. The summed E-state index contributed by atoms with van der Waals surface area (Å²) in [5, 5.41) is 3.54. The molecule has 0 aliphatic carbocycles. The van der Waals surface area contributed by atoms with E-state index in [4.69, 9.17) is 44.3 Å². The number of nitrogens with zero attached hydrogens (tertiary/aromatic N) is 1. The summed E-state index contributed by atoms with van der Waals surface area (Å²) in [5.41, 5.74) is -0.110. The molecule has 0 saturated carbocycles. The lowest BCUT2D eigenvalue weighted by atomic mass is 9.77. The van der Waals surface area contributed by atoms with Gasteiger partial charge in [-0.3, -0.25) is 9.59 Å². The monoisotopic (exact) mass is 506 g/mol. The highest BCUT2D eigenvalue weighted by atomic mass is 35.5. The maximum absolute atomic E-state index is 13.3. The number of fused-ring (bicyclic) bond motifs is 5. The number of carbonyl (C=O) groups is 3. The Morgan fingerprint density at radius 1 is 1.06 bits per heavy atom. The van der Waals surface area contributed by atoms with E-state index >= 15 is 0 Å². The standard InChI is InChI=1S/C23H17Cl3N2O5/c24-14-9-16(26)15(25)8-12(14)10-32-22(31)27-11-23-7-6-17(33-23)18-19(23)21(30)28(20(18)29)13-4-2-1-3-5-13/h1-9,17-19H,10-11H2,(H,27,31)/t17-,18-,19+,23-/m1/s1. The first kappa shape index (κ1) is 22.2. The summed E-state index contributed by atoms with van der Waals surface area (Å²) in [6.07, 6.45) is 2.26. The molecule has 0 aromatic heterocycles. The average molecular weight is 508 g/mol. The Bertz CT molecular complexity index is 1190. The maximum atomic E-state index is 13.3. The maximum Gasteiger partial charge on any atom is 0.407 e. The Kier molecular flexibility index (Phi) is 5.61. The zero-order valence-electron chi connectivity index (χ0n) is 17.0. The van der Waals surface area contributed by atoms with Crippen LogP contribution in [0.15, 0.2) is 54.6 Å². The molecule has 2 fully saturated rings. The largest absolute Gasteiger partial charge is 0.445 e. The third kappa shape index (κ3) is 3.69. The molecule has 3 aliphatic heterocycles. The second-order valence-corrected chi connectivity index (χ2v) is 9.26. The number of rotatable bonds is 5. The van der Waals surface area contributed by atoms with Gasteiger partial charge in [-0.05, 0) is 24.3 Å². The number of hydrogen-bond acceptors (Lipinski definition) is 5. The first-order valence-corrected chi connectivity index (χ1v) is 11.3. The van der Waals surface area contributed by atoms with E-state index in [1.54, 1.807) is 36.4 Å². The summed E-state index contributed by atoms with van der Waals surface area (Å²) in [5.74, 6) is -2.01. The number of ether oxygens (including phenoxy) is 2. The molecule has 1 N–H and O–H groups in total. The first-order valence-electron chi connectivity index (χ1n) is 10.1. The molecule has 2 bridgehead atoms. The van der Waals surface area contributed by atoms with E-state index in [2.05, 4.69) is 5.32 Å². The summed E-state index contributed by atoms with van der Waals surface area (Å²) in [7, 11) is 0. The minimum Gasteiger partial charge on any atom is -0.445 e. The van der Waals surface area contributed by atoms with Gasteiger partial charge in [0.25, 0.3) is 0 Å². The Morgan fingerprint density at radius 2 is 1.79 bits per heavy atom. The van der Waals surface area contributed by atoms with E-state index in [0.29, 0.717) is 26.3 Å². The van der Waals surface area contributed by atoms with Crippen molar-refractivity contribution in [2.75, 3.05) is 11.4 Å². The lowest BCUT2D eigenvalue weighted by molar-refractivity contribution is -0.126. The fraction of sp³-hybridized carbons (Fsp3) is 0.261. The summed E-state index contributed by atoms with van der Waals surface area (Å²) in [6.45, 7) is -0.157. The second kappa shape index (κ2) is 8.33. The quantitative estimate of drug-likeness (QED) is 0.369. The minimum absolute atomic E-state index is 0.0310. The van der Waals surface area contributed by atoms with Gasteiger partial charge in [-0.2, -0.15) is 0 Å². The van der Waals surface area contributed by atoms with E-state index in [-0.39, 0.29) is 25.0 Å². The molecule has 3 heterocycles. The molecule has 0 unspecified atom stereocenters. The Morgan fingerprint density at radius 3 is 2.55 bits per heavy atom. The van der Waals surface area contributed by atoms with Crippen LogP contribution in [0.2, 0.25) is 15.1 Å². The van der Waals surface area contributed by atoms with E-state index in [1.807, 2.05) is 6.07 Å². The van der Waals surface area contributed by atoms with Crippen molar-refractivity contribution in [1.82, 2.24) is 5.32 Å². The van der Waals surface area contributed by atoms with Crippen molar-refractivity contribution in [1.29, 1.82) is 0 Å². The Balaban J connectivity index is 1.27. The van der Waals surface area contributed by atoms with Crippen LogP contribution in [-0.4, -0.2) is 36.2 Å². The zero-order valence-corrected chi connectivity index (χ0v) is 19.2. The van der Waals surface area contributed by atoms with Gasteiger partial charge >= 0.3 is 6.09 Å². The third-order valence-electron chi connectivity index (χ3n) is 6.13. The topological polar surface area (TPSA) is 84.9 Å². The van der Waals surface area contributed by atoms with Gasteiger partial charge in [-0.25, -0.2) is 9.69 Å². The van der Waals surface area contributed by atoms with Crippen LogP contribution in [0, 0.1) is 11.8 Å². The summed E-state index contributed by atoms with van der Waals surface area (Å²) in [4.78, 5) is 39.9. The highest BCUT2D eigenvalue weighted by molar-refractivity contribution is 6.43. The molecule has 2 aromatic rings. The zero-order chi connectivity index (χ0) is 23.3. The average Bonchev–Trinajstić information content (AvgIpc) is 3.44. The number of hydrogen-bond donors (Lipinski definition) is 1. The lowest BCUT2D eigenvalue weighted by Crippen LogP contribution is -2.49. The predicted octanol–water partition coefficient (Wildman–Crippen LogP) is 4.39. The fourth-order valence-electron chi connectivity index (χ4n) is 4.62. The number of nitrogens with one attached hydrogen (secondary N) is 1. The first-order chi connectivity index (χ1) is 15.8. The Labute approximate surface area is 204 Å². The third-order valence-corrected chi connectivity index (χ3v) is 7.20. The highest BCUT2D eigenvalue weighted by Gasteiger charge is 2.67. The number of alkyl carbamates (subject to hydrolysis) is 1. The molecule has 4 atom stereocenters. The van der Waals surface area contributed by atoms with Crippen LogP contribution in [0.5, 0.6) is 0 Å². The molecule has 3 amide bonds. The van der Waals surface area contributed by atoms with Crippen LogP contribution in [0.3, 0.4) is 0 Å². The molecular weight excluding hydrogens is 491 g/mol. The van der Waals surface area contributed by atoms with Crippen molar-refractivity contribution in [3.8, 4) is 0 Å². The molecule has 0 radical (unpaired) electrons. The molecular formula is C23H17Cl3N2O5. The van der Waals surface area contributed by atoms with E-state index in [9.17, 15) is 14.4 Å². The van der Waals surface area contributed by atoms with Gasteiger partial charge in [-0.1, -0.05) is 65.2 Å². The number of amides is 3. The molecule has 10 heteroatoms. The fourth-order valence-corrected chi connectivity index (χ4v) is 5.24. The van der Waals surface area contributed by atoms with E-state index in [0.717, 1.165) is 0 Å². The van der Waals surface area contributed by atoms with Crippen molar-refractivity contribution in [3.63, 3.8) is 0 Å². The molecule has 2 saturated heterocycles. The van der Waals surface area contributed by atoms with Crippen LogP contribution in [0.4, 0.5) is 10.5 Å². The van der Waals surface area contributed by atoms with Crippen LogP contribution in [-0.2, 0) is 25.7 Å². The number of para-hydroxylation sites is 1. The van der Waals surface area contributed by atoms with Gasteiger partial charge in [0.15, 0.2) is 0 Å². The van der Waals surface area contributed by atoms with Crippen molar-refractivity contribution in [3.05, 3.63) is 75.2 Å². The van der Waals surface area contributed by atoms with Crippen molar-refractivity contribution < 1.29 is 23.9 Å². The SMILES string of the molecule is O=C(NC[C@@]12C=C[C@@H](O1)[C@H]1C(=O)N(c3ccccc3)C(=O)[C@H]12)OCc1cc(Cl)c(Cl)cc1Cl. The summed E-state index contributed by atoms with van der Waals surface area (Å²) >= 11 is 18.0. The lowest BCUT2D eigenvalue weighted by Gasteiger charge is -2.28. The van der Waals surface area contributed by atoms with Crippen molar-refractivity contribution in [2.24, 2.45) is 11.8 Å². The minimum atomic E-state index is -1.12. The van der Waals surface area contributed by atoms with Crippen LogP contribution >= 0.6 is 34.8 Å². The van der Waals surface area contributed by atoms with Gasteiger partial charge in [0.1, 0.15) is 12.2 Å². The van der Waals surface area contributed by atoms with Gasteiger partial charge in [0.05, 0.1) is 40.2 Å². The van der Waals surface area contributed by atoms with Gasteiger partial charge in [0, 0.05) is 10.6 Å². The molecule has 3 aliphatic rings. The molecule has 5 rings (SSSR count). The van der Waals surface area contributed by atoms with Gasteiger partial charge < -0.3 is 14.8 Å². The molecule has 0 spiro atoms. The number of halogens is 3. The molecule has 2 aromatic carbocycles. The van der Waals surface area contributed by atoms with Gasteiger partial charge in [0.2, 0.25) is 11.8 Å². The smallest absolute Gasteiger partial charge is 0.407 e. The van der Waals surface area contributed by atoms with Gasteiger partial charge in [-0.15, -0.1) is 0 Å². The molecule has 7 nitrogen and oxygen atoms in total. The van der Waals surface area contributed by atoms with Crippen LogP contribution in [0.25, 0.3) is 0 Å². The highest BCUT2D eigenvalue weighted by Crippen LogP contribution is 2.52. The van der Waals surface area contributed by atoms with E-state index in [1.165, 1.54) is 17.0 Å². The molecule has 170 valence electrons. The number of anilines is 1. The number of carbonyl (C=O) groups excluding carboxylic acids is 3. The number of benzene rings is 2. The predicted molar refractivity (Wildman–Crippen MR) is 122 cm³/mol. The van der Waals surface area contributed by atoms with E-state index < -0.39 is 29.6 Å².